The van der Waals surface area contributed by atoms with Gasteiger partial charge in [-0.15, -0.1) is 11.3 Å². The van der Waals surface area contributed by atoms with E-state index in [4.69, 9.17) is 11.0 Å². The van der Waals surface area contributed by atoms with Gasteiger partial charge in [0.15, 0.2) is 0 Å². The summed E-state index contributed by atoms with van der Waals surface area (Å²) in [5, 5.41) is 11.7. The lowest BCUT2D eigenvalue weighted by Crippen LogP contribution is -2.20. The molecule has 2 amide bonds. The Morgan fingerprint density at radius 1 is 1.44 bits per heavy atom. The van der Waals surface area contributed by atoms with Crippen LogP contribution >= 0.6 is 11.3 Å². The Bertz CT molecular complexity index is 914. The van der Waals surface area contributed by atoms with Crippen molar-refractivity contribution < 1.29 is 14.0 Å². The number of nitriles is 1. The molecule has 1 aromatic carbocycles. The number of hydrogen-bond acceptors (Lipinski definition) is 4. The molecule has 2 aromatic rings. The first-order chi connectivity index (χ1) is 11.9. The number of amides is 2. The lowest BCUT2D eigenvalue weighted by Gasteiger charge is -2.18. The van der Waals surface area contributed by atoms with Gasteiger partial charge in [0.25, 0.3) is 11.8 Å². The predicted molar refractivity (Wildman–Crippen MR) is 93.1 cm³/mol. The molecule has 1 aliphatic rings. The molecule has 0 radical (unpaired) electrons. The van der Waals surface area contributed by atoms with E-state index in [9.17, 15) is 14.0 Å². The number of hydrogen-bond donors (Lipinski definition) is 2. The lowest BCUT2D eigenvalue weighted by molar-refractivity contribution is 0.1000. The van der Waals surface area contributed by atoms with Gasteiger partial charge >= 0.3 is 0 Å². The van der Waals surface area contributed by atoms with Crippen molar-refractivity contribution in [3.8, 4) is 6.07 Å². The Hall–Kier alpha value is -2.72. The number of anilines is 1. The number of nitrogens with two attached hydrogens (primary N) is 1. The molecule has 25 heavy (non-hydrogen) atoms. The van der Waals surface area contributed by atoms with Crippen LogP contribution in [-0.4, -0.2) is 11.8 Å². The fourth-order valence-corrected chi connectivity index (χ4v) is 4.45. The van der Waals surface area contributed by atoms with Crippen LogP contribution in [0, 0.1) is 23.1 Å². The average molecular weight is 357 g/mol. The lowest BCUT2D eigenvalue weighted by atomic mass is 9.88. The molecule has 0 fully saturated rings. The largest absolute Gasteiger partial charge is 0.365 e. The standard InChI is InChI=1S/C18H16FN3O2S/c1-9-2-4-12-14(6-9)25-18(15(12)16(21)23)22-17(24)11-5-3-10(8-20)7-13(11)19/h3,5,7,9H,2,4,6H2,1H3,(H2,21,23)(H,22,24)/t9-/m0/s1. The van der Waals surface area contributed by atoms with Gasteiger partial charge in [-0.2, -0.15) is 5.26 Å². The summed E-state index contributed by atoms with van der Waals surface area (Å²) in [6.07, 6.45) is 2.54. The minimum absolute atomic E-state index is 0.132. The second kappa shape index (κ2) is 6.65. The van der Waals surface area contributed by atoms with Gasteiger partial charge in [0, 0.05) is 4.88 Å². The molecule has 5 nitrogen and oxygen atoms in total. The maximum Gasteiger partial charge on any atom is 0.259 e. The second-order valence-electron chi connectivity index (χ2n) is 6.18. The molecule has 3 N–H and O–H groups in total. The van der Waals surface area contributed by atoms with Gasteiger partial charge in [-0.3, -0.25) is 9.59 Å². The molecule has 128 valence electrons. The molecule has 1 aliphatic carbocycles. The zero-order valence-electron chi connectivity index (χ0n) is 13.6. The van der Waals surface area contributed by atoms with Crippen LogP contribution in [0.25, 0.3) is 0 Å². The molecule has 1 atom stereocenters. The molecule has 0 aliphatic heterocycles. The number of nitrogens with zero attached hydrogens (tertiary/aromatic N) is 1. The molecule has 0 saturated carbocycles. The normalized spacial score (nSPS) is 16.0. The van der Waals surface area contributed by atoms with E-state index in [2.05, 4.69) is 12.2 Å². The number of thiophene rings is 1. The molecular weight excluding hydrogens is 341 g/mol. The molecule has 0 saturated heterocycles. The molecule has 0 spiro atoms. The molecule has 7 heteroatoms. The zero-order valence-corrected chi connectivity index (χ0v) is 14.4. The quantitative estimate of drug-likeness (QED) is 0.882. The smallest absolute Gasteiger partial charge is 0.259 e. The first-order valence-electron chi connectivity index (χ1n) is 7.86. The third-order valence-corrected chi connectivity index (χ3v) is 5.50. The number of primary amides is 1. The van der Waals surface area contributed by atoms with E-state index in [1.165, 1.54) is 23.5 Å². The molecule has 1 aromatic heterocycles. The van der Waals surface area contributed by atoms with E-state index in [1.54, 1.807) is 0 Å². The molecule has 1 heterocycles. The van der Waals surface area contributed by atoms with Crippen LogP contribution in [0.5, 0.6) is 0 Å². The fourth-order valence-electron chi connectivity index (χ4n) is 3.04. The number of carbonyl (C=O) groups is 2. The number of rotatable bonds is 3. The zero-order chi connectivity index (χ0) is 18.1. The first kappa shape index (κ1) is 17.1. The van der Waals surface area contributed by atoms with Crippen LogP contribution in [0.2, 0.25) is 0 Å². The minimum Gasteiger partial charge on any atom is -0.365 e. The van der Waals surface area contributed by atoms with Crippen molar-refractivity contribution >= 4 is 28.2 Å². The maximum absolute atomic E-state index is 14.0. The first-order valence-corrected chi connectivity index (χ1v) is 8.67. The van der Waals surface area contributed by atoms with Crippen LogP contribution in [0.1, 0.15) is 50.1 Å². The maximum atomic E-state index is 14.0. The van der Waals surface area contributed by atoms with E-state index in [0.29, 0.717) is 16.5 Å². The number of benzene rings is 1. The Morgan fingerprint density at radius 3 is 2.84 bits per heavy atom. The summed E-state index contributed by atoms with van der Waals surface area (Å²) in [5.74, 6) is -1.54. The van der Waals surface area contributed by atoms with Crippen molar-refractivity contribution in [3.63, 3.8) is 0 Å². The van der Waals surface area contributed by atoms with Crippen LogP contribution < -0.4 is 11.1 Å². The van der Waals surface area contributed by atoms with Crippen molar-refractivity contribution in [2.75, 3.05) is 5.32 Å². The summed E-state index contributed by atoms with van der Waals surface area (Å²) in [6, 6.07) is 5.44. The van der Waals surface area contributed by atoms with Crippen LogP contribution in [0.4, 0.5) is 9.39 Å². The Labute approximate surface area is 148 Å². The van der Waals surface area contributed by atoms with E-state index < -0.39 is 17.6 Å². The monoisotopic (exact) mass is 357 g/mol. The SMILES string of the molecule is C[C@H]1CCc2c(sc(NC(=O)c3ccc(C#N)cc3F)c2C(N)=O)C1. The van der Waals surface area contributed by atoms with Crippen molar-refractivity contribution in [3.05, 3.63) is 51.1 Å². The highest BCUT2D eigenvalue weighted by atomic mass is 32.1. The summed E-state index contributed by atoms with van der Waals surface area (Å²) in [6.45, 7) is 2.14. The van der Waals surface area contributed by atoms with Crippen molar-refractivity contribution in [1.82, 2.24) is 0 Å². The fraction of sp³-hybridized carbons (Fsp3) is 0.278. The van der Waals surface area contributed by atoms with Crippen LogP contribution in [0.15, 0.2) is 18.2 Å². The van der Waals surface area contributed by atoms with Gasteiger partial charge in [0.05, 0.1) is 22.8 Å². The van der Waals surface area contributed by atoms with E-state index in [1.807, 2.05) is 6.07 Å². The highest BCUT2D eigenvalue weighted by molar-refractivity contribution is 7.17. The summed E-state index contributed by atoms with van der Waals surface area (Å²) in [5.41, 5.74) is 6.67. The average Bonchev–Trinajstić information content (AvgIpc) is 2.91. The molecule has 0 bridgehead atoms. The Kier molecular flexibility index (Phi) is 4.55. The van der Waals surface area contributed by atoms with Crippen molar-refractivity contribution in [1.29, 1.82) is 5.26 Å². The Balaban J connectivity index is 1.94. The van der Waals surface area contributed by atoms with Gasteiger partial charge in [-0.25, -0.2) is 4.39 Å². The van der Waals surface area contributed by atoms with Crippen molar-refractivity contribution in [2.45, 2.75) is 26.2 Å². The van der Waals surface area contributed by atoms with Gasteiger partial charge in [-0.1, -0.05) is 6.92 Å². The third kappa shape index (κ3) is 3.26. The van der Waals surface area contributed by atoms with Gasteiger partial charge < -0.3 is 11.1 Å². The molecular formula is C18H16FN3O2S. The van der Waals surface area contributed by atoms with Crippen LogP contribution in [0.3, 0.4) is 0 Å². The summed E-state index contributed by atoms with van der Waals surface area (Å²) in [7, 11) is 0. The Morgan fingerprint density at radius 2 is 2.20 bits per heavy atom. The van der Waals surface area contributed by atoms with E-state index >= 15 is 0 Å². The van der Waals surface area contributed by atoms with Gasteiger partial charge in [0.2, 0.25) is 0 Å². The topological polar surface area (TPSA) is 96.0 Å². The van der Waals surface area contributed by atoms with Gasteiger partial charge in [-0.05, 0) is 48.9 Å². The third-order valence-electron chi connectivity index (χ3n) is 4.33. The molecule has 3 rings (SSSR count). The highest BCUT2D eigenvalue weighted by Crippen LogP contribution is 2.39. The summed E-state index contributed by atoms with van der Waals surface area (Å²) >= 11 is 1.32. The van der Waals surface area contributed by atoms with E-state index in [0.717, 1.165) is 35.8 Å². The minimum atomic E-state index is -0.785. The number of fused-ring (bicyclic) bond motifs is 1. The van der Waals surface area contributed by atoms with Crippen LogP contribution in [-0.2, 0) is 12.8 Å². The number of halogens is 1. The highest BCUT2D eigenvalue weighted by Gasteiger charge is 2.27. The summed E-state index contributed by atoms with van der Waals surface area (Å²) < 4.78 is 14.0. The predicted octanol–water partition coefficient (Wildman–Crippen LogP) is 3.23. The number of carbonyl (C=O) groups excluding carboxylic acids is 2. The molecule has 0 unspecified atom stereocenters. The number of nitrogens with one attached hydrogen (secondary N) is 1. The summed E-state index contributed by atoms with van der Waals surface area (Å²) in [4.78, 5) is 25.3. The van der Waals surface area contributed by atoms with Crippen molar-refractivity contribution in [2.24, 2.45) is 11.7 Å². The van der Waals surface area contributed by atoms with Gasteiger partial charge in [0.1, 0.15) is 10.8 Å². The second-order valence-corrected chi connectivity index (χ2v) is 7.29. The van der Waals surface area contributed by atoms with E-state index in [-0.39, 0.29) is 11.1 Å².